The van der Waals surface area contributed by atoms with Gasteiger partial charge in [0.05, 0.1) is 4.92 Å². The molecule has 2 aromatic heterocycles. The maximum Gasteiger partial charge on any atom is 0.380 e. The number of hydrogen-bond acceptors (Lipinski definition) is 6. The van der Waals surface area contributed by atoms with E-state index < -0.39 is 22.1 Å². The van der Waals surface area contributed by atoms with Crippen LogP contribution in [0.5, 0.6) is 0 Å². The molecule has 19 heavy (non-hydrogen) atoms. The highest BCUT2D eigenvalue weighted by atomic mass is 16.7. The molecule has 104 valence electrons. The van der Waals surface area contributed by atoms with Crippen LogP contribution in [0.15, 0.2) is 22.6 Å². The van der Waals surface area contributed by atoms with Gasteiger partial charge < -0.3 is 9.52 Å². The second-order valence-electron chi connectivity index (χ2n) is 3.99. The Balaban J connectivity index is 0.000000196. The fourth-order valence-electron chi connectivity index (χ4n) is 1.54. The third-order valence-electron chi connectivity index (χ3n) is 2.62. The Morgan fingerprint density at radius 1 is 1.32 bits per heavy atom. The number of furan rings is 2. The molecular weight excluding hydrogens is 256 g/mol. The molecule has 0 spiro atoms. The number of aliphatic hydroxyl groups is 1. The van der Waals surface area contributed by atoms with Crippen molar-refractivity contribution in [3.8, 4) is 0 Å². The molecule has 2 heterocycles. The molecule has 0 aliphatic heterocycles. The molecule has 0 saturated heterocycles. The largest absolute Gasteiger partial charge is 0.457 e. The molecule has 0 aromatic carbocycles. The van der Waals surface area contributed by atoms with Crippen molar-refractivity contribution in [3.63, 3.8) is 0 Å². The number of nitrogens with zero attached hydrogens (tertiary/aromatic N) is 2. The molecule has 0 saturated carbocycles. The van der Waals surface area contributed by atoms with Crippen molar-refractivity contribution in [1.82, 2.24) is 0 Å². The van der Waals surface area contributed by atoms with Crippen LogP contribution in [0.2, 0.25) is 0 Å². The minimum absolute atomic E-state index is 0.0604. The minimum atomic E-state index is -2.10. The third kappa shape index (κ3) is 3.62. The number of benzene rings is 1. The normalized spacial score (nSPS) is 13.6. The molecule has 8 heteroatoms. The van der Waals surface area contributed by atoms with Gasteiger partial charge in [-0.15, -0.1) is 0 Å². The lowest BCUT2D eigenvalue weighted by Crippen LogP contribution is -2.38. The minimum Gasteiger partial charge on any atom is -0.457 e. The maximum absolute atomic E-state index is 10.0. The third-order valence-corrected chi connectivity index (χ3v) is 2.62. The predicted molar refractivity (Wildman–Crippen MR) is 66.2 cm³/mol. The van der Waals surface area contributed by atoms with E-state index in [9.17, 15) is 20.2 Å². The van der Waals surface area contributed by atoms with E-state index in [4.69, 9.17) is 9.52 Å². The van der Waals surface area contributed by atoms with Crippen molar-refractivity contribution >= 4 is 11.2 Å². The van der Waals surface area contributed by atoms with Crippen LogP contribution in [0.3, 0.4) is 0 Å². The van der Waals surface area contributed by atoms with E-state index in [1.165, 1.54) is 12.5 Å². The zero-order valence-electron chi connectivity index (χ0n) is 10.5. The van der Waals surface area contributed by atoms with Crippen molar-refractivity contribution in [2.45, 2.75) is 32.5 Å². The van der Waals surface area contributed by atoms with E-state index in [1.54, 1.807) is 0 Å². The van der Waals surface area contributed by atoms with Crippen LogP contribution in [-0.2, 0) is 0 Å². The Morgan fingerprint density at radius 3 is 2.11 bits per heavy atom. The van der Waals surface area contributed by atoms with E-state index in [-0.39, 0.29) is 6.42 Å². The summed E-state index contributed by atoms with van der Waals surface area (Å²) in [5, 5.41) is 28.5. The summed E-state index contributed by atoms with van der Waals surface area (Å²) in [5.41, 5.74) is 3.24. The van der Waals surface area contributed by atoms with Gasteiger partial charge in [-0.3, -0.25) is 20.2 Å². The van der Waals surface area contributed by atoms with Crippen molar-refractivity contribution in [3.05, 3.63) is 44.0 Å². The Hall–Kier alpha value is -2.22. The average molecular weight is 270 g/mol. The van der Waals surface area contributed by atoms with E-state index in [0.717, 1.165) is 11.2 Å². The Bertz CT molecular complexity index is 552. The predicted octanol–water partition coefficient (Wildman–Crippen LogP) is 1.82. The smallest absolute Gasteiger partial charge is 0.380 e. The van der Waals surface area contributed by atoms with E-state index in [0.29, 0.717) is 0 Å². The first kappa shape index (κ1) is 14.8. The van der Waals surface area contributed by atoms with Crippen LogP contribution in [0.4, 0.5) is 0 Å². The molecule has 2 atom stereocenters. The summed E-state index contributed by atoms with van der Waals surface area (Å²) in [5.74, 6) is 0. The molecule has 2 aromatic rings. The Labute approximate surface area is 108 Å². The van der Waals surface area contributed by atoms with Gasteiger partial charge in [-0.1, -0.05) is 6.92 Å². The van der Waals surface area contributed by atoms with E-state index >= 15 is 0 Å². The number of nitro groups is 2. The SMILES string of the molecule is CCC(C(O)[N+](=O)[O-])[N+](=O)[O-].Cc1cc2ccc1o2. The molecule has 0 aliphatic rings. The summed E-state index contributed by atoms with van der Waals surface area (Å²) in [6.45, 7) is 3.45. The first-order chi connectivity index (χ1) is 8.86. The summed E-state index contributed by atoms with van der Waals surface area (Å²) in [6, 6.07) is 4.49. The quantitative estimate of drug-likeness (QED) is 0.514. The van der Waals surface area contributed by atoms with Crippen LogP contribution >= 0.6 is 0 Å². The van der Waals surface area contributed by atoms with Crippen molar-refractivity contribution in [2.24, 2.45) is 0 Å². The van der Waals surface area contributed by atoms with Crippen LogP contribution in [0.1, 0.15) is 18.9 Å². The first-order valence-corrected chi connectivity index (χ1v) is 5.60. The zero-order valence-corrected chi connectivity index (χ0v) is 10.5. The van der Waals surface area contributed by atoms with Gasteiger partial charge in [-0.25, -0.2) is 0 Å². The van der Waals surface area contributed by atoms with Gasteiger partial charge in [-0.05, 0) is 30.7 Å². The van der Waals surface area contributed by atoms with Crippen molar-refractivity contribution in [1.29, 1.82) is 0 Å². The van der Waals surface area contributed by atoms with Crippen LogP contribution < -0.4 is 0 Å². The standard InChI is InChI=1S/C7H6O.C4H8N2O5/c1-5-4-6-2-3-7(5)8-6;1-2-3(5(8)9)4(7)6(10)11/h2-4H,1H3;3-4,7H,2H2,1H3. The van der Waals surface area contributed by atoms with Gasteiger partial charge in [0.1, 0.15) is 11.2 Å². The van der Waals surface area contributed by atoms with Gasteiger partial charge in [0.2, 0.25) is 0 Å². The molecule has 1 N–H and O–H groups in total. The lowest BCUT2D eigenvalue weighted by atomic mass is 10.2. The van der Waals surface area contributed by atoms with Gasteiger partial charge in [0.15, 0.2) is 0 Å². The summed E-state index contributed by atoms with van der Waals surface area (Å²) < 4.78 is 5.21. The average Bonchev–Trinajstić information content (AvgIpc) is 2.91. The summed E-state index contributed by atoms with van der Waals surface area (Å²) in [6.07, 6.45) is -2.16. The maximum atomic E-state index is 10.0. The number of fused-ring (bicyclic) bond motifs is 2. The molecule has 0 aliphatic carbocycles. The van der Waals surface area contributed by atoms with Crippen LogP contribution in [0.25, 0.3) is 11.2 Å². The molecule has 0 fully saturated rings. The van der Waals surface area contributed by atoms with Crippen molar-refractivity contribution < 1.29 is 19.4 Å². The fraction of sp³-hybridized carbons (Fsp3) is 0.455. The van der Waals surface area contributed by atoms with E-state index in [2.05, 4.69) is 0 Å². The molecular formula is C11H14N2O6. The zero-order chi connectivity index (χ0) is 14.6. The molecule has 8 nitrogen and oxygen atoms in total. The van der Waals surface area contributed by atoms with Gasteiger partial charge in [0.25, 0.3) is 0 Å². The molecule has 0 amide bonds. The second-order valence-corrected chi connectivity index (χ2v) is 3.99. The number of aryl methyl sites for hydroxylation is 1. The topological polar surface area (TPSA) is 120 Å². The number of aliphatic hydroxyl groups excluding tert-OH is 1. The fourth-order valence-corrected chi connectivity index (χ4v) is 1.54. The summed E-state index contributed by atoms with van der Waals surface area (Å²) in [4.78, 5) is 17.9. The lowest BCUT2D eigenvalue weighted by Gasteiger charge is -2.06. The molecule has 0 radical (unpaired) electrons. The monoisotopic (exact) mass is 270 g/mol. The highest BCUT2D eigenvalue weighted by Crippen LogP contribution is 2.19. The number of rotatable bonds is 4. The second kappa shape index (κ2) is 6.10. The highest BCUT2D eigenvalue weighted by molar-refractivity contribution is 5.64. The van der Waals surface area contributed by atoms with Gasteiger partial charge >= 0.3 is 12.3 Å². The van der Waals surface area contributed by atoms with E-state index in [1.807, 2.05) is 25.1 Å². The lowest BCUT2D eigenvalue weighted by molar-refractivity contribution is -0.651. The Morgan fingerprint density at radius 2 is 1.95 bits per heavy atom. The first-order valence-electron chi connectivity index (χ1n) is 5.60. The Kier molecular flexibility index (Phi) is 4.76. The van der Waals surface area contributed by atoms with Crippen LogP contribution in [0, 0.1) is 27.2 Å². The summed E-state index contributed by atoms with van der Waals surface area (Å²) >= 11 is 0. The van der Waals surface area contributed by atoms with Gasteiger partial charge in [0, 0.05) is 11.3 Å². The summed E-state index contributed by atoms with van der Waals surface area (Å²) in [7, 11) is 0. The van der Waals surface area contributed by atoms with Gasteiger partial charge in [-0.2, -0.15) is 0 Å². The molecule has 2 rings (SSSR count). The molecule has 2 unspecified atom stereocenters. The molecule has 2 bridgehead atoms. The van der Waals surface area contributed by atoms with Crippen molar-refractivity contribution in [2.75, 3.05) is 0 Å². The van der Waals surface area contributed by atoms with Crippen LogP contribution in [-0.4, -0.2) is 27.2 Å². The highest BCUT2D eigenvalue weighted by Gasteiger charge is 2.37. The number of hydrogen-bond donors (Lipinski definition) is 1.